The van der Waals surface area contributed by atoms with E-state index < -0.39 is 45.8 Å². The molecule has 0 saturated carbocycles. The number of benzene rings is 1. The smallest absolute Gasteiger partial charge is 0.408 e. The lowest BCUT2D eigenvalue weighted by atomic mass is 9.89. The highest BCUT2D eigenvalue weighted by molar-refractivity contribution is 8.32. The van der Waals surface area contributed by atoms with Crippen LogP contribution in [0, 0.1) is 0 Å². The zero-order valence-corrected chi connectivity index (χ0v) is 26.3. The molecule has 4 heterocycles. The van der Waals surface area contributed by atoms with Crippen molar-refractivity contribution < 1.29 is 33.7 Å². The van der Waals surface area contributed by atoms with Crippen LogP contribution in [0.4, 0.5) is 4.79 Å². The van der Waals surface area contributed by atoms with Crippen LogP contribution in [-0.2, 0) is 42.6 Å². The Labute approximate surface area is 250 Å². The summed E-state index contributed by atoms with van der Waals surface area (Å²) in [5, 5.41) is 13.5. The Balaban J connectivity index is 1.60. The van der Waals surface area contributed by atoms with Gasteiger partial charge >= 0.3 is 18.0 Å². The van der Waals surface area contributed by atoms with Gasteiger partial charge in [-0.15, -0.1) is 0 Å². The summed E-state index contributed by atoms with van der Waals surface area (Å²) in [5.41, 5.74) is 0.0570. The number of esters is 2. The lowest BCUT2D eigenvalue weighted by molar-refractivity contribution is -0.185. The second-order valence-electron chi connectivity index (χ2n) is 12.5. The normalized spacial score (nSPS) is 17.9. The number of ether oxygens (including phenoxy) is 3. The molecular formula is C31H37N3O8S. The van der Waals surface area contributed by atoms with Crippen molar-refractivity contribution in [3.8, 4) is 17.1 Å². The fourth-order valence-corrected chi connectivity index (χ4v) is 8.65. The summed E-state index contributed by atoms with van der Waals surface area (Å²) in [6.45, 7) is 8.02. The number of carbonyl (C=O) groups excluding carboxylic acids is 3. The largest absolute Gasteiger partial charge is 0.508 e. The Morgan fingerprint density at radius 1 is 1.19 bits per heavy atom. The van der Waals surface area contributed by atoms with Gasteiger partial charge in [0.05, 0.1) is 29.0 Å². The number of pyridine rings is 2. The van der Waals surface area contributed by atoms with E-state index in [1.54, 1.807) is 49.6 Å². The first-order valence-electron chi connectivity index (χ1n) is 14.1. The number of phenols is 1. The molecule has 0 unspecified atom stereocenters. The Morgan fingerprint density at radius 3 is 2.58 bits per heavy atom. The van der Waals surface area contributed by atoms with Crippen LogP contribution in [0.25, 0.3) is 22.3 Å². The fraction of sp³-hybridized carbons (Fsp3) is 0.452. The molecule has 2 aliphatic rings. The number of hydrogen-bond donors (Lipinski definition) is 2. The molecule has 1 aromatic carbocycles. The zero-order chi connectivity index (χ0) is 31.5. The van der Waals surface area contributed by atoms with Gasteiger partial charge in [-0.05, 0) is 76.6 Å². The van der Waals surface area contributed by atoms with Crippen LogP contribution in [0.3, 0.4) is 0 Å². The molecule has 12 heteroatoms. The third-order valence-corrected chi connectivity index (χ3v) is 10.6. The second kappa shape index (κ2) is 10.6. The van der Waals surface area contributed by atoms with Crippen molar-refractivity contribution in [2.75, 3.05) is 24.8 Å². The summed E-state index contributed by atoms with van der Waals surface area (Å²) in [4.78, 5) is 57.9. The van der Waals surface area contributed by atoms with Gasteiger partial charge < -0.3 is 29.2 Å². The molecule has 0 spiro atoms. The summed E-state index contributed by atoms with van der Waals surface area (Å²) in [6, 6.07) is 6.76. The van der Waals surface area contributed by atoms with E-state index in [1.807, 2.05) is 0 Å². The van der Waals surface area contributed by atoms with Gasteiger partial charge in [0, 0.05) is 21.4 Å². The number of hydrogen-bond acceptors (Lipinski definition) is 9. The van der Waals surface area contributed by atoms with E-state index in [9.17, 15) is 24.3 Å². The Morgan fingerprint density at radius 2 is 1.91 bits per heavy atom. The molecule has 2 aromatic heterocycles. The molecule has 1 atom stereocenters. The van der Waals surface area contributed by atoms with Gasteiger partial charge in [0.15, 0.2) is 0 Å². The molecule has 3 aromatic rings. The zero-order valence-electron chi connectivity index (χ0n) is 25.5. The Kier molecular flexibility index (Phi) is 7.48. The molecule has 2 aliphatic heterocycles. The van der Waals surface area contributed by atoms with Gasteiger partial charge in [0.1, 0.15) is 24.5 Å². The average Bonchev–Trinajstić information content (AvgIpc) is 3.26. The third-order valence-electron chi connectivity index (χ3n) is 7.59. The number of aromatic nitrogens is 2. The first kappa shape index (κ1) is 30.4. The predicted octanol–water partition coefficient (Wildman–Crippen LogP) is 4.30. The van der Waals surface area contributed by atoms with Crippen LogP contribution in [0.1, 0.15) is 57.7 Å². The number of nitrogens with one attached hydrogen (secondary N) is 1. The number of aromatic hydroxyl groups is 1. The average molecular weight is 612 g/mol. The van der Waals surface area contributed by atoms with Crippen molar-refractivity contribution in [2.24, 2.45) is 0 Å². The lowest BCUT2D eigenvalue weighted by Crippen LogP contribution is -2.47. The highest BCUT2D eigenvalue weighted by Crippen LogP contribution is 2.56. The maximum atomic E-state index is 13.9. The molecular weight excluding hydrogens is 574 g/mol. The van der Waals surface area contributed by atoms with E-state index in [1.165, 1.54) is 6.92 Å². The van der Waals surface area contributed by atoms with Crippen molar-refractivity contribution in [2.45, 2.75) is 70.3 Å². The maximum Gasteiger partial charge on any atom is 0.408 e. The molecule has 230 valence electrons. The minimum absolute atomic E-state index is 0.139. The summed E-state index contributed by atoms with van der Waals surface area (Å²) in [6.07, 6.45) is 4.60. The van der Waals surface area contributed by atoms with Crippen LogP contribution >= 0.6 is 10.0 Å². The van der Waals surface area contributed by atoms with Gasteiger partial charge in [0.25, 0.3) is 5.56 Å². The molecule has 43 heavy (non-hydrogen) atoms. The fourth-order valence-electron chi connectivity index (χ4n) is 5.83. The predicted molar refractivity (Wildman–Crippen MR) is 163 cm³/mol. The monoisotopic (exact) mass is 611 g/mol. The van der Waals surface area contributed by atoms with E-state index >= 15 is 0 Å². The Hall–Kier alpha value is -4.06. The summed E-state index contributed by atoms with van der Waals surface area (Å²) in [5.74, 6) is -0.650. The molecule has 5 rings (SSSR count). The first-order valence-corrected chi connectivity index (χ1v) is 16.7. The van der Waals surface area contributed by atoms with Gasteiger partial charge in [0.2, 0.25) is 5.60 Å². The molecule has 1 amide bonds. The van der Waals surface area contributed by atoms with Gasteiger partial charge in [-0.1, -0.05) is 6.92 Å². The van der Waals surface area contributed by atoms with E-state index in [-0.39, 0.29) is 35.6 Å². The number of fused-ring (bicyclic) bond motifs is 5. The van der Waals surface area contributed by atoms with Crippen molar-refractivity contribution >= 4 is 39.0 Å². The molecule has 0 aliphatic carbocycles. The van der Waals surface area contributed by atoms with E-state index in [0.29, 0.717) is 16.9 Å². The van der Waals surface area contributed by atoms with Crippen molar-refractivity contribution in [1.82, 2.24) is 14.9 Å². The SMILES string of the molecule is CCCS(C)(C)c1c2c(nc3ccc(O)cc13)-c1cc3c(c(=O)n1C2)COC(=O)[C@@]3(C)OC(=O)CNC(=O)OC(C)(C)C. The molecule has 0 fully saturated rings. The number of cyclic esters (lactones) is 1. The molecule has 11 nitrogen and oxygen atoms in total. The van der Waals surface area contributed by atoms with Gasteiger partial charge in [-0.2, -0.15) is 0 Å². The van der Waals surface area contributed by atoms with Crippen molar-refractivity contribution in [3.63, 3.8) is 0 Å². The molecule has 0 radical (unpaired) electrons. The first-order chi connectivity index (χ1) is 20.1. The third kappa shape index (κ3) is 5.44. The van der Waals surface area contributed by atoms with E-state index in [2.05, 4.69) is 24.8 Å². The highest BCUT2D eigenvalue weighted by Gasteiger charge is 2.48. The molecule has 0 saturated heterocycles. The molecule has 2 N–H and O–H groups in total. The highest BCUT2D eigenvalue weighted by atomic mass is 32.3. The number of alkyl carbamates (subject to hydrolysis) is 1. The number of carbonyl (C=O) groups is 3. The van der Waals surface area contributed by atoms with Crippen LogP contribution in [0.15, 0.2) is 34.0 Å². The van der Waals surface area contributed by atoms with Gasteiger partial charge in [-0.25, -0.2) is 24.6 Å². The van der Waals surface area contributed by atoms with Crippen LogP contribution < -0.4 is 10.9 Å². The van der Waals surface area contributed by atoms with Crippen LogP contribution in [-0.4, -0.2) is 63.1 Å². The summed E-state index contributed by atoms with van der Waals surface area (Å²) in [7, 11) is -1.36. The quantitative estimate of drug-likeness (QED) is 0.241. The van der Waals surface area contributed by atoms with Crippen LogP contribution in [0.2, 0.25) is 0 Å². The lowest BCUT2D eigenvalue weighted by Gasteiger charge is -2.34. The van der Waals surface area contributed by atoms with Crippen LogP contribution in [0.5, 0.6) is 5.75 Å². The minimum atomic E-state index is -1.93. The van der Waals surface area contributed by atoms with E-state index in [0.717, 1.165) is 28.0 Å². The second-order valence-corrected chi connectivity index (χ2v) is 16.4. The standard InChI is InChI=1S/C31H37N3O8S/c1-8-11-43(6,7)26-18-12-17(35)9-10-22(18)33-25-19(26)15-34-23(25)13-21-20(27(34)37)16-40-28(38)31(21,5)41-24(36)14-32-29(39)42-30(2,3)4/h9-10,12-13,35H,8,11,14-16H2,1-7H3,(H,32,39)/t31-/m0/s1. The minimum Gasteiger partial charge on any atom is -0.508 e. The summed E-state index contributed by atoms with van der Waals surface area (Å²) < 4.78 is 17.7. The molecule has 0 bridgehead atoms. The summed E-state index contributed by atoms with van der Waals surface area (Å²) >= 11 is 0. The number of nitrogens with zero attached hydrogens (tertiary/aromatic N) is 2. The van der Waals surface area contributed by atoms with Crippen molar-refractivity contribution in [3.05, 3.63) is 51.3 Å². The number of rotatable bonds is 6. The van der Waals surface area contributed by atoms with Crippen molar-refractivity contribution in [1.29, 1.82) is 0 Å². The topological polar surface area (TPSA) is 146 Å². The van der Waals surface area contributed by atoms with E-state index in [4.69, 9.17) is 19.2 Å². The van der Waals surface area contributed by atoms with Gasteiger partial charge in [-0.3, -0.25) is 9.59 Å². The number of phenolic OH excluding ortho intramolecular Hbond substituents is 1. The maximum absolute atomic E-state index is 13.9. The number of amides is 1. The Bertz CT molecular complexity index is 1740.